The van der Waals surface area contributed by atoms with Gasteiger partial charge in [0, 0.05) is 0 Å². The second-order valence-electron chi connectivity index (χ2n) is 1.13. The fourth-order valence-corrected chi connectivity index (χ4v) is 2.25. The van der Waals surface area contributed by atoms with Gasteiger partial charge in [-0.25, -0.2) is 0 Å². The first-order valence-corrected chi connectivity index (χ1v) is 5.80. The quantitative estimate of drug-likeness (QED) is 0.330. The van der Waals surface area contributed by atoms with E-state index in [-0.39, 0.29) is 19.5 Å². The molecule has 0 aliphatic heterocycles. The first kappa shape index (κ1) is 6.35. The summed E-state index contributed by atoms with van der Waals surface area (Å²) < 4.78 is 3.36. The average molecular weight is 120 g/mol. The van der Waals surface area contributed by atoms with Crippen LogP contribution in [0.1, 0.15) is 0 Å². The molecule has 0 heterocycles. The molecular weight excluding hydrogens is 108 g/mol. The molecule has 6 heavy (non-hydrogen) atoms. The highest BCUT2D eigenvalue weighted by Gasteiger charge is 1.72. The van der Waals surface area contributed by atoms with Crippen LogP contribution < -0.4 is 9.63 Å². The van der Waals surface area contributed by atoms with Crippen molar-refractivity contribution in [2.24, 2.45) is 0 Å². The predicted molar refractivity (Wildman–Crippen MR) is 35.1 cm³/mol. The van der Waals surface area contributed by atoms with Gasteiger partial charge < -0.3 is 9.63 Å². The third-order valence-corrected chi connectivity index (χ3v) is 3.91. The molecular formula is C2H12N2Si2. The fourth-order valence-electron chi connectivity index (χ4n) is 0.250. The minimum Gasteiger partial charge on any atom is -0.357 e. The summed E-state index contributed by atoms with van der Waals surface area (Å²) in [6, 6.07) is 0. The van der Waals surface area contributed by atoms with Crippen LogP contribution in [0.4, 0.5) is 0 Å². The molecule has 2 nitrogen and oxygen atoms in total. The summed E-state index contributed by atoms with van der Waals surface area (Å²) in [4.78, 5) is 3.13. The molecule has 0 amide bonds. The number of hydrogen-bond acceptors (Lipinski definition) is 2. The maximum atomic E-state index is 3.36. The summed E-state index contributed by atoms with van der Waals surface area (Å²) in [5.74, 6) is 0. The third-order valence-electron chi connectivity index (χ3n) is 0.552. The van der Waals surface area contributed by atoms with E-state index in [4.69, 9.17) is 0 Å². The lowest BCUT2D eigenvalue weighted by Crippen LogP contribution is -2.31. The molecule has 0 atom stereocenters. The molecule has 0 saturated carbocycles. The van der Waals surface area contributed by atoms with Crippen LogP contribution in [0.15, 0.2) is 0 Å². The second-order valence-corrected chi connectivity index (χ2v) is 4.90. The van der Waals surface area contributed by atoms with E-state index in [9.17, 15) is 0 Å². The molecule has 0 spiro atoms. The van der Waals surface area contributed by atoms with Crippen molar-refractivity contribution in [2.45, 2.75) is 6.55 Å². The van der Waals surface area contributed by atoms with Crippen molar-refractivity contribution in [1.82, 2.24) is 9.63 Å². The molecule has 0 saturated heterocycles. The monoisotopic (exact) mass is 120 g/mol. The Morgan fingerprint density at radius 1 is 1.50 bits per heavy atom. The molecule has 0 unspecified atom stereocenters. The minimum atomic E-state index is -0.0166. The van der Waals surface area contributed by atoms with E-state index in [0.29, 0.717) is 0 Å². The molecule has 0 radical (unpaired) electrons. The van der Waals surface area contributed by atoms with Gasteiger partial charge in [0.05, 0.1) is 9.68 Å². The van der Waals surface area contributed by atoms with Gasteiger partial charge in [0.15, 0.2) is 9.84 Å². The van der Waals surface area contributed by atoms with E-state index in [2.05, 4.69) is 16.2 Å². The van der Waals surface area contributed by atoms with Gasteiger partial charge in [-0.15, -0.1) is 0 Å². The van der Waals surface area contributed by atoms with Crippen LogP contribution in [-0.4, -0.2) is 26.6 Å². The van der Waals surface area contributed by atoms with Crippen molar-refractivity contribution in [2.75, 3.05) is 7.05 Å². The van der Waals surface area contributed by atoms with Gasteiger partial charge in [0.2, 0.25) is 0 Å². The van der Waals surface area contributed by atoms with Crippen molar-refractivity contribution < 1.29 is 0 Å². The largest absolute Gasteiger partial charge is 0.357 e. The normalized spacial score (nSPS) is 13.0. The molecule has 0 rings (SSSR count). The van der Waals surface area contributed by atoms with E-state index in [1.54, 1.807) is 0 Å². The number of nitrogens with one attached hydrogen (secondary N) is 2. The Labute approximate surface area is 43.6 Å². The fraction of sp³-hybridized carbons (Fsp3) is 1.00. The summed E-state index contributed by atoms with van der Waals surface area (Å²) in [5, 5.41) is 0. The maximum Gasteiger partial charge on any atom is 0.160 e. The minimum absolute atomic E-state index is 0.0166. The SMILES string of the molecule is CN[SiH2]N[SiH2]C. The lowest BCUT2D eigenvalue weighted by atomic mass is 11.6. The summed E-state index contributed by atoms with van der Waals surface area (Å²) in [6.07, 6.45) is 0. The van der Waals surface area contributed by atoms with Gasteiger partial charge >= 0.3 is 0 Å². The summed E-state index contributed by atoms with van der Waals surface area (Å²) >= 11 is 0. The summed E-state index contributed by atoms with van der Waals surface area (Å²) in [6.45, 7) is 2.25. The summed E-state index contributed by atoms with van der Waals surface area (Å²) in [5.41, 5.74) is 0. The van der Waals surface area contributed by atoms with Gasteiger partial charge in [0.1, 0.15) is 0 Å². The number of rotatable bonds is 3. The zero-order valence-corrected chi connectivity index (χ0v) is 7.24. The number of hydrogen-bond donors (Lipinski definition) is 2. The Balaban J connectivity index is 2.34. The molecule has 4 heteroatoms. The lowest BCUT2D eigenvalue weighted by molar-refractivity contribution is 1.21. The molecule has 0 aromatic heterocycles. The van der Waals surface area contributed by atoms with Crippen LogP contribution in [0.2, 0.25) is 6.55 Å². The van der Waals surface area contributed by atoms with Gasteiger partial charge in [0.25, 0.3) is 0 Å². The van der Waals surface area contributed by atoms with E-state index in [0.717, 1.165) is 0 Å². The predicted octanol–water partition coefficient (Wildman–Crippen LogP) is -2.07. The van der Waals surface area contributed by atoms with Crippen LogP contribution >= 0.6 is 0 Å². The molecule has 0 aliphatic carbocycles. The average Bonchev–Trinajstić information content (AvgIpc) is 1.61. The van der Waals surface area contributed by atoms with Crippen molar-refractivity contribution in [3.05, 3.63) is 0 Å². The van der Waals surface area contributed by atoms with E-state index >= 15 is 0 Å². The van der Waals surface area contributed by atoms with Gasteiger partial charge in [-0.3, -0.25) is 0 Å². The molecule has 0 aliphatic rings. The zero-order valence-electron chi connectivity index (χ0n) is 4.41. The highest BCUT2D eigenvalue weighted by Crippen LogP contribution is 1.37. The Hall–Kier alpha value is 0.354. The third kappa shape index (κ3) is 4.35. The van der Waals surface area contributed by atoms with Crippen LogP contribution in [-0.2, 0) is 0 Å². The molecule has 0 fully saturated rings. The van der Waals surface area contributed by atoms with Crippen molar-refractivity contribution in [3.8, 4) is 0 Å². The first-order chi connectivity index (χ1) is 2.91. The molecule has 0 aromatic carbocycles. The lowest BCUT2D eigenvalue weighted by Gasteiger charge is -1.92. The molecule has 2 N–H and O–H groups in total. The van der Waals surface area contributed by atoms with Crippen LogP contribution in [0, 0.1) is 0 Å². The summed E-state index contributed by atoms with van der Waals surface area (Å²) in [7, 11) is 2.14. The first-order valence-electron chi connectivity index (χ1n) is 2.27. The standard InChI is InChI=1S/C2H12N2Si2/c1-3-6-4-5-2/h3-4H,5-6H2,1-2H3. The van der Waals surface area contributed by atoms with Crippen LogP contribution in [0.25, 0.3) is 0 Å². The molecule has 0 aromatic rings. The highest BCUT2D eigenvalue weighted by molar-refractivity contribution is 6.48. The highest BCUT2D eigenvalue weighted by atomic mass is 28.3. The Morgan fingerprint density at radius 2 is 2.17 bits per heavy atom. The molecule has 38 valence electrons. The van der Waals surface area contributed by atoms with Crippen molar-refractivity contribution in [3.63, 3.8) is 0 Å². The zero-order chi connectivity index (χ0) is 4.83. The van der Waals surface area contributed by atoms with Crippen molar-refractivity contribution in [1.29, 1.82) is 0 Å². The Bertz CT molecular complexity index is 21.5. The second kappa shape index (κ2) is 5.35. The van der Waals surface area contributed by atoms with Gasteiger partial charge in [-0.1, -0.05) is 6.55 Å². The Kier molecular flexibility index (Phi) is 5.67. The Morgan fingerprint density at radius 3 is 2.33 bits per heavy atom. The van der Waals surface area contributed by atoms with Crippen LogP contribution in [0.3, 0.4) is 0 Å². The van der Waals surface area contributed by atoms with Crippen molar-refractivity contribution >= 4 is 19.5 Å². The van der Waals surface area contributed by atoms with E-state index < -0.39 is 0 Å². The molecule has 0 bridgehead atoms. The maximum absolute atomic E-state index is 3.36. The van der Waals surface area contributed by atoms with E-state index in [1.165, 1.54) is 0 Å². The van der Waals surface area contributed by atoms with Gasteiger partial charge in [-0.05, 0) is 7.05 Å². The van der Waals surface area contributed by atoms with Crippen LogP contribution in [0.5, 0.6) is 0 Å². The smallest absolute Gasteiger partial charge is 0.160 e. The van der Waals surface area contributed by atoms with Gasteiger partial charge in [-0.2, -0.15) is 0 Å². The van der Waals surface area contributed by atoms with E-state index in [1.807, 2.05) is 7.05 Å². The topological polar surface area (TPSA) is 24.1 Å².